The molecule has 0 radical (unpaired) electrons. The molecule has 0 spiro atoms. The Labute approximate surface area is 94.6 Å². The fourth-order valence-electron chi connectivity index (χ4n) is 1.54. The molecule has 102 valence electrons. The summed E-state index contributed by atoms with van der Waals surface area (Å²) < 4.78 is 14.3. The predicted molar refractivity (Wildman–Crippen MR) is 48.1 cm³/mol. The Morgan fingerprint density at radius 3 is 1.53 bits per heavy atom. The van der Waals surface area contributed by atoms with Crippen LogP contribution >= 0.6 is 7.82 Å². The topological polar surface area (TPSA) is 188 Å². The van der Waals surface area contributed by atoms with Gasteiger partial charge in [0.05, 0.1) is 0 Å². The van der Waals surface area contributed by atoms with Gasteiger partial charge in [-0.15, -0.1) is 0 Å². The zero-order chi connectivity index (χ0) is 13.6. The third-order valence-electron chi connectivity index (χ3n) is 2.46. The molecule has 1 saturated carbocycles. The molecule has 1 aliphatic carbocycles. The lowest BCUT2D eigenvalue weighted by molar-refractivity contribution is -0.336. The molecule has 17 heavy (non-hydrogen) atoms. The van der Waals surface area contributed by atoms with Crippen LogP contribution in [-0.4, -0.2) is 76.7 Å². The Balaban J connectivity index is 3.08. The van der Waals surface area contributed by atoms with E-state index < -0.39 is 44.1 Å². The highest BCUT2D eigenvalue weighted by Gasteiger charge is 2.61. The van der Waals surface area contributed by atoms with Gasteiger partial charge < -0.3 is 40.4 Å². The summed E-state index contributed by atoms with van der Waals surface area (Å²) >= 11 is 0. The standard InChI is InChI=1S/C6H13O10P/c7-1-2(8)4(10)6(12,5(11)3(1)9)16-17(13,14)15/h1-5,7-12H,(H2,13,14,15)/t1-,2+,3-,4-,5+,6+. The van der Waals surface area contributed by atoms with Crippen molar-refractivity contribution in [2.24, 2.45) is 0 Å². The number of aliphatic hydroxyl groups excluding tert-OH is 5. The minimum absolute atomic E-state index is 2.01. The SMILES string of the molecule is O=P(O)(O)O[C@@]1(O)[C@H](O)[C@@H](O)[C@@H](O)[C@@H](O)[C@@H]1O. The van der Waals surface area contributed by atoms with Crippen LogP contribution in [0.1, 0.15) is 0 Å². The molecule has 0 saturated heterocycles. The van der Waals surface area contributed by atoms with Gasteiger partial charge in [-0.2, -0.15) is 0 Å². The summed E-state index contributed by atoms with van der Waals surface area (Å²) in [6, 6.07) is 0. The minimum atomic E-state index is -5.32. The molecule has 0 aromatic carbocycles. The fraction of sp³-hybridized carbons (Fsp3) is 1.00. The third-order valence-corrected chi connectivity index (χ3v) is 2.99. The van der Waals surface area contributed by atoms with Crippen LogP contribution in [0.3, 0.4) is 0 Å². The molecule has 1 rings (SSSR count). The molecule has 0 aliphatic heterocycles. The molecule has 8 N–H and O–H groups in total. The van der Waals surface area contributed by atoms with Crippen molar-refractivity contribution in [1.82, 2.24) is 0 Å². The van der Waals surface area contributed by atoms with Crippen LogP contribution < -0.4 is 0 Å². The van der Waals surface area contributed by atoms with Crippen molar-refractivity contribution >= 4 is 7.82 Å². The predicted octanol–water partition coefficient (Wildman–Crippen LogP) is -4.40. The van der Waals surface area contributed by atoms with E-state index in [9.17, 15) is 30.1 Å². The van der Waals surface area contributed by atoms with Crippen LogP contribution in [0.2, 0.25) is 0 Å². The van der Waals surface area contributed by atoms with E-state index in [4.69, 9.17) is 14.9 Å². The smallest absolute Gasteiger partial charge is 0.387 e. The molecular formula is C6H13O10P. The maximum Gasteiger partial charge on any atom is 0.472 e. The lowest BCUT2D eigenvalue weighted by Gasteiger charge is -2.46. The van der Waals surface area contributed by atoms with Gasteiger partial charge in [0.1, 0.15) is 30.5 Å². The van der Waals surface area contributed by atoms with Crippen molar-refractivity contribution in [3.63, 3.8) is 0 Å². The number of rotatable bonds is 2. The Hall–Kier alpha value is -0.130. The second-order valence-corrected chi connectivity index (χ2v) is 4.86. The molecule has 0 heterocycles. The van der Waals surface area contributed by atoms with Crippen molar-refractivity contribution in [3.05, 3.63) is 0 Å². The molecule has 11 heteroatoms. The molecule has 0 aromatic rings. The number of aliphatic hydroxyl groups is 6. The number of hydrogen-bond acceptors (Lipinski definition) is 8. The van der Waals surface area contributed by atoms with E-state index in [1.54, 1.807) is 0 Å². The first-order valence-corrected chi connectivity index (χ1v) is 5.92. The van der Waals surface area contributed by atoms with Crippen LogP contribution in [-0.2, 0) is 9.09 Å². The van der Waals surface area contributed by atoms with Crippen molar-refractivity contribution in [2.75, 3.05) is 0 Å². The van der Waals surface area contributed by atoms with Crippen LogP contribution in [0, 0.1) is 0 Å². The molecular weight excluding hydrogens is 263 g/mol. The third kappa shape index (κ3) is 2.66. The van der Waals surface area contributed by atoms with Gasteiger partial charge in [-0.1, -0.05) is 0 Å². The molecule has 0 bridgehead atoms. The zero-order valence-electron chi connectivity index (χ0n) is 8.23. The summed E-state index contributed by atoms with van der Waals surface area (Å²) in [6.07, 6.45) is -11.2. The van der Waals surface area contributed by atoms with E-state index >= 15 is 0 Å². The van der Waals surface area contributed by atoms with Crippen LogP contribution in [0.5, 0.6) is 0 Å². The van der Waals surface area contributed by atoms with E-state index in [0.29, 0.717) is 0 Å². The van der Waals surface area contributed by atoms with Gasteiger partial charge in [0.2, 0.25) is 5.79 Å². The highest BCUT2D eigenvalue weighted by molar-refractivity contribution is 7.46. The largest absolute Gasteiger partial charge is 0.472 e. The van der Waals surface area contributed by atoms with Gasteiger partial charge in [0.15, 0.2) is 0 Å². The van der Waals surface area contributed by atoms with Gasteiger partial charge in [-0.25, -0.2) is 9.09 Å². The maximum atomic E-state index is 10.6. The molecule has 0 aromatic heterocycles. The summed E-state index contributed by atoms with van der Waals surface area (Å²) in [7, 11) is -5.32. The quantitative estimate of drug-likeness (QED) is 0.180. The molecule has 6 atom stereocenters. The second kappa shape index (κ2) is 4.52. The van der Waals surface area contributed by atoms with E-state index in [1.807, 2.05) is 0 Å². The zero-order valence-corrected chi connectivity index (χ0v) is 9.12. The number of hydrogen-bond donors (Lipinski definition) is 8. The van der Waals surface area contributed by atoms with Gasteiger partial charge in [0.25, 0.3) is 0 Å². The summed E-state index contributed by atoms with van der Waals surface area (Å²) in [4.78, 5) is 17.0. The lowest BCUT2D eigenvalue weighted by atomic mass is 9.82. The Kier molecular flexibility index (Phi) is 3.97. The van der Waals surface area contributed by atoms with E-state index in [-0.39, 0.29) is 0 Å². The molecule has 0 amide bonds. The summed E-state index contributed by atoms with van der Waals surface area (Å²) in [5, 5.41) is 55.7. The molecule has 1 fully saturated rings. The number of phosphoric acid groups is 1. The van der Waals surface area contributed by atoms with Crippen molar-refractivity contribution < 1.29 is 49.5 Å². The van der Waals surface area contributed by atoms with Crippen molar-refractivity contribution in [1.29, 1.82) is 0 Å². The van der Waals surface area contributed by atoms with Crippen LogP contribution in [0.15, 0.2) is 0 Å². The van der Waals surface area contributed by atoms with Gasteiger partial charge >= 0.3 is 7.82 Å². The number of phosphoric ester groups is 1. The first-order valence-electron chi connectivity index (χ1n) is 4.39. The summed E-state index contributed by atoms with van der Waals surface area (Å²) in [5.74, 6) is -3.31. The normalized spacial score (nSPS) is 48.1. The maximum absolute atomic E-state index is 10.6. The molecule has 0 unspecified atom stereocenters. The average Bonchev–Trinajstić information content (AvgIpc) is 2.19. The molecule has 1 aliphatic rings. The van der Waals surface area contributed by atoms with Gasteiger partial charge in [0, 0.05) is 0 Å². The second-order valence-electron chi connectivity index (χ2n) is 3.70. The highest BCUT2D eigenvalue weighted by atomic mass is 31.2. The van der Waals surface area contributed by atoms with Gasteiger partial charge in [-0.3, -0.25) is 0 Å². The van der Waals surface area contributed by atoms with Crippen molar-refractivity contribution in [3.8, 4) is 0 Å². The summed E-state index contributed by atoms with van der Waals surface area (Å²) in [5.41, 5.74) is 0. The Bertz CT molecular complexity index is 311. The van der Waals surface area contributed by atoms with Crippen LogP contribution in [0.4, 0.5) is 0 Å². The van der Waals surface area contributed by atoms with E-state index in [0.717, 1.165) is 0 Å². The Morgan fingerprint density at radius 2 is 1.24 bits per heavy atom. The van der Waals surface area contributed by atoms with Gasteiger partial charge in [-0.05, 0) is 0 Å². The Morgan fingerprint density at radius 1 is 0.882 bits per heavy atom. The van der Waals surface area contributed by atoms with Crippen molar-refractivity contribution in [2.45, 2.75) is 36.3 Å². The van der Waals surface area contributed by atoms with E-state index in [1.165, 1.54) is 0 Å². The highest BCUT2D eigenvalue weighted by Crippen LogP contribution is 2.45. The lowest BCUT2D eigenvalue weighted by Crippen LogP contribution is -2.71. The minimum Gasteiger partial charge on any atom is -0.387 e. The molecule has 10 nitrogen and oxygen atoms in total. The fourth-order valence-corrected chi connectivity index (χ4v) is 2.14. The summed E-state index contributed by atoms with van der Waals surface area (Å²) in [6.45, 7) is 0. The average molecular weight is 276 g/mol. The first kappa shape index (κ1) is 14.9. The first-order chi connectivity index (χ1) is 7.50. The van der Waals surface area contributed by atoms with E-state index in [2.05, 4.69) is 4.52 Å². The monoisotopic (exact) mass is 276 g/mol. The van der Waals surface area contributed by atoms with Crippen LogP contribution in [0.25, 0.3) is 0 Å².